The number of benzene rings is 4. The van der Waals surface area contributed by atoms with Crippen LogP contribution in [0.3, 0.4) is 0 Å². The van der Waals surface area contributed by atoms with Gasteiger partial charge >= 0.3 is 5.97 Å². The molecule has 0 aliphatic rings. The van der Waals surface area contributed by atoms with Crippen LogP contribution in [0.15, 0.2) is 94.5 Å². The van der Waals surface area contributed by atoms with Crippen molar-refractivity contribution in [3.8, 4) is 11.5 Å². The summed E-state index contributed by atoms with van der Waals surface area (Å²) >= 11 is 3.47. The Balaban J connectivity index is 1.56. The largest absolute Gasteiger partial charge is 0.490 e. The fraction of sp³-hybridized carbons (Fsp3) is 0.0741. The lowest BCUT2D eigenvalue weighted by molar-refractivity contribution is 0.0729. The van der Waals surface area contributed by atoms with E-state index in [-0.39, 0.29) is 11.7 Å². The number of nitrogens with one attached hydrogen (secondary N) is 1. The highest BCUT2D eigenvalue weighted by molar-refractivity contribution is 9.10. The zero-order valence-corrected chi connectivity index (χ0v) is 19.9. The minimum Gasteiger partial charge on any atom is -0.490 e. The van der Waals surface area contributed by atoms with E-state index in [2.05, 4.69) is 26.5 Å². The van der Waals surface area contributed by atoms with Gasteiger partial charge in [0.25, 0.3) is 5.91 Å². The standard InChI is InChI=1S/C27H21BrN2O4/c1-2-33-24-16-18(17-29-30-26(31)20-10-4-3-5-11-20)15-23(28)25(24)34-27(32)22-14-8-12-19-9-6-7-13-21(19)22/h3-17H,2H2,1H3,(H,30,31)/b29-17-. The highest BCUT2D eigenvalue weighted by atomic mass is 79.9. The summed E-state index contributed by atoms with van der Waals surface area (Å²) in [5, 5.41) is 5.78. The molecule has 4 aromatic rings. The molecule has 0 unspecified atom stereocenters. The second kappa shape index (κ2) is 10.8. The lowest BCUT2D eigenvalue weighted by atomic mass is 10.0. The van der Waals surface area contributed by atoms with Crippen molar-refractivity contribution in [3.05, 3.63) is 106 Å². The second-order valence-corrected chi connectivity index (χ2v) is 8.10. The molecule has 0 aliphatic heterocycles. The van der Waals surface area contributed by atoms with Crippen molar-refractivity contribution in [1.29, 1.82) is 0 Å². The number of hydrazone groups is 1. The third-order valence-corrected chi connectivity index (χ3v) is 5.54. The van der Waals surface area contributed by atoms with Crippen molar-refractivity contribution < 1.29 is 19.1 Å². The van der Waals surface area contributed by atoms with Gasteiger partial charge in [0.15, 0.2) is 11.5 Å². The van der Waals surface area contributed by atoms with Gasteiger partial charge in [-0.3, -0.25) is 4.79 Å². The minimum atomic E-state index is -0.491. The Morgan fingerprint density at radius 2 is 1.71 bits per heavy atom. The topological polar surface area (TPSA) is 77.0 Å². The van der Waals surface area contributed by atoms with Crippen molar-refractivity contribution in [2.45, 2.75) is 6.92 Å². The van der Waals surface area contributed by atoms with Crippen molar-refractivity contribution in [2.24, 2.45) is 5.10 Å². The summed E-state index contributed by atoms with van der Waals surface area (Å²) in [4.78, 5) is 25.2. The normalized spacial score (nSPS) is 10.9. The van der Waals surface area contributed by atoms with Gasteiger partial charge in [-0.15, -0.1) is 0 Å². The predicted molar refractivity (Wildman–Crippen MR) is 136 cm³/mol. The van der Waals surface area contributed by atoms with E-state index >= 15 is 0 Å². The number of ether oxygens (including phenoxy) is 2. The monoisotopic (exact) mass is 516 g/mol. The molecule has 0 saturated carbocycles. The number of fused-ring (bicyclic) bond motifs is 1. The summed E-state index contributed by atoms with van der Waals surface area (Å²) in [5.74, 6) is -0.164. The lowest BCUT2D eigenvalue weighted by Gasteiger charge is -2.14. The molecule has 1 N–H and O–H groups in total. The smallest absolute Gasteiger partial charge is 0.344 e. The summed E-state index contributed by atoms with van der Waals surface area (Å²) in [5.41, 5.74) is 4.11. The highest BCUT2D eigenvalue weighted by Crippen LogP contribution is 2.37. The van der Waals surface area contributed by atoms with Crippen LogP contribution in [-0.2, 0) is 0 Å². The fourth-order valence-electron chi connectivity index (χ4n) is 3.40. The number of nitrogens with zero attached hydrogens (tertiary/aromatic N) is 1. The molecule has 0 aliphatic carbocycles. The van der Waals surface area contributed by atoms with Crippen LogP contribution >= 0.6 is 15.9 Å². The van der Waals surface area contributed by atoms with Gasteiger partial charge in [0, 0.05) is 5.56 Å². The van der Waals surface area contributed by atoms with Gasteiger partial charge in [-0.2, -0.15) is 5.10 Å². The Morgan fingerprint density at radius 3 is 2.50 bits per heavy atom. The fourth-order valence-corrected chi connectivity index (χ4v) is 3.94. The Bertz CT molecular complexity index is 1360. The third-order valence-electron chi connectivity index (χ3n) is 4.95. The molecule has 0 aromatic heterocycles. The van der Waals surface area contributed by atoms with Gasteiger partial charge in [-0.1, -0.05) is 54.6 Å². The van der Waals surface area contributed by atoms with Gasteiger partial charge in [0.1, 0.15) is 0 Å². The van der Waals surface area contributed by atoms with Crippen LogP contribution in [0.2, 0.25) is 0 Å². The van der Waals surface area contributed by atoms with E-state index < -0.39 is 5.97 Å². The molecule has 0 atom stereocenters. The van der Waals surface area contributed by atoms with Crippen LogP contribution in [0.25, 0.3) is 10.8 Å². The van der Waals surface area contributed by atoms with Crippen molar-refractivity contribution in [2.75, 3.05) is 6.61 Å². The molecule has 0 spiro atoms. The third kappa shape index (κ3) is 5.32. The molecule has 170 valence electrons. The number of rotatable bonds is 7. The molecule has 1 amide bonds. The van der Waals surface area contributed by atoms with E-state index in [0.717, 1.165) is 10.8 Å². The van der Waals surface area contributed by atoms with E-state index in [4.69, 9.17) is 9.47 Å². The lowest BCUT2D eigenvalue weighted by Crippen LogP contribution is -2.17. The van der Waals surface area contributed by atoms with Crippen molar-refractivity contribution in [3.63, 3.8) is 0 Å². The average Bonchev–Trinajstić information content (AvgIpc) is 2.86. The maximum absolute atomic E-state index is 13.0. The first-order valence-electron chi connectivity index (χ1n) is 10.6. The Labute approximate surface area is 205 Å². The van der Waals surface area contributed by atoms with E-state index in [0.29, 0.717) is 33.5 Å². The molecular weight excluding hydrogens is 496 g/mol. The second-order valence-electron chi connectivity index (χ2n) is 7.24. The zero-order chi connectivity index (χ0) is 23.9. The van der Waals surface area contributed by atoms with Crippen LogP contribution < -0.4 is 14.9 Å². The summed E-state index contributed by atoms with van der Waals surface area (Å²) < 4.78 is 12.0. The minimum absolute atomic E-state index is 0.269. The molecular formula is C27H21BrN2O4. The summed E-state index contributed by atoms with van der Waals surface area (Å²) in [6, 6.07) is 25.3. The van der Waals surface area contributed by atoms with Gasteiger partial charge in [0.05, 0.1) is 22.9 Å². The number of carbonyl (C=O) groups is 2. The van der Waals surface area contributed by atoms with Crippen LogP contribution in [0.5, 0.6) is 11.5 Å². The predicted octanol–water partition coefficient (Wildman–Crippen LogP) is 5.98. The van der Waals surface area contributed by atoms with Gasteiger partial charge in [-0.25, -0.2) is 10.2 Å². The molecule has 0 heterocycles. The molecule has 34 heavy (non-hydrogen) atoms. The first-order chi connectivity index (χ1) is 16.6. The van der Waals surface area contributed by atoms with E-state index in [1.165, 1.54) is 6.21 Å². The van der Waals surface area contributed by atoms with E-state index in [1.807, 2.05) is 49.4 Å². The Kier molecular flexibility index (Phi) is 7.34. The van der Waals surface area contributed by atoms with Crippen LogP contribution in [0.1, 0.15) is 33.2 Å². The number of halogens is 1. The number of carbonyl (C=O) groups excluding carboxylic acids is 2. The van der Waals surface area contributed by atoms with Gasteiger partial charge < -0.3 is 9.47 Å². The number of hydrogen-bond donors (Lipinski definition) is 1. The van der Waals surface area contributed by atoms with Crippen LogP contribution in [0, 0.1) is 0 Å². The van der Waals surface area contributed by atoms with Gasteiger partial charge in [-0.05, 0) is 69.5 Å². The number of amides is 1. The number of esters is 1. The quantitative estimate of drug-likeness (QED) is 0.142. The molecule has 0 saturated heterocycles. The average molecular weight is 517 g/mol. The van der Waals surface area contributed by atoms with E-state index in [9.17, 15) is 9.59 Å². The molecule has 0 bridgehead atoms. The van der Waals surface area contributed by atoms with E-state index in [1.54, 1.807) is 42.5 Å². The molecule has 4 aromatic carbocycles. The summed E-state index contributed by atoms with van der Waals surface area (Å²) in [6.07, 6.45) is 1.49. The molecule has 7 heteroatoms. The van der Waals surface area contributed by atoms with Crippen molar-refractivity contribution >= 4 is 44.8 Å². The molecule has 0 fully saturated rings. The van der Waals surface area contributed by atoms with Crippen molar-refractivity contribution in [1.82, 2.24) is 5.43 Å². The first kappa shape index (κ1) is 23.2. The zero-order valence-electron chi connectivity index (χ0n) is 18.3. The Morgan fingerprint density at radius 1 is 0.971 bits per heavy atom. The molecule has 6 nitrogen and oxygen atoms in total. The van der Waals surface area contributed by atoms with Gasteiger partial charge in [0.2, 0.25) is 0 Å². The SMILES string of the molecule is CCOc1cc(/C=N\NC(=O)c2ccccc2)cc(Br)c1OC(=O)c1cccc2ccccc12. The first-order valence-corrected chi connectivity index (χ1v) is 11.4. The maximum Gasteiger partial charge on any atom is 0.344 e. The number of hydrogen-bond acceptors (Lipinski definition) is 5. The molecule has 4 rings (SSSR count). The summed E-state index contributed by atoms with van der Waals surface area (Å²) in [6.45, 7) is 2.21. The Hall–Kier alpha value is -3.97. The van der Waals surface area contributed by atoms with Crippen LogP contribution in [-0.4, -0.2) is 24.7 Å². The maximum atomic E-state index is 13.0. The summed E-state index contributed by atoms with van der Waals surface area (Å²) in [7, 11) is 0. The van der Waals surface area contributed by atoms with Crippen LogP contribution in [0.4, 0.5) is 0 Å². The molecule has 0 radical (unpaired) electrons. The highest BCUT2D eigenvalue weighted by Gasteiger charge is 2.18.